The summed E-state index contributed by atoms with van der Waals surface area (Å²) in [7, 11) is 0. The van der Waals surface area contributed by atoms with Gasteiger partial charge in [-0.1, -0.05) is 24.6 Å². The Balaban J connectivity index is 1.96. The Bertz CT molecular complexity index is 704. The van der Waals surface area contributed by atoms with Crippen LogP contribution in [-0.4, -0.2) is 18.0 Å². The lowest BCUT2D eigenvalue weighted by molar-refractivity contribution is -0.123. The number of hydrogen-bond donors (Lipinski definition) is 1. The van der Waals surface area contributed by atoms with E-state index in [4.69, 9.17) is 4.74 Å². The first-order chi connectivity index (χ1) is 10.9. The fourth-order valence-electron chi connectivity index (χ4n) is 2.12. The monoisotopic (exact) mass is 331 g/mol. The second-order valence-corrected chi connectivity index (χ2v) is 6.70. The number of carbonyl (C=O) groups is 2. The number of thiophene rings is 1. The van der Waals surface area contributed by atoms with Crippen molar-refractivity contribution < 1.29 is 14.3 Å². The molecule has 1 heterocycles. The average molecular weight is 331 g/mol. The largest absolute Gasteiger partial charge is 0.448 e. The molecule has 1 aromatic carbocycles. The van der Waals surface area contributed by atoms with Gasteiger partial charge in [0.1, 0.15) is 4.88 Å². The fourth-order valence-corrected chi connectivity index (χ4v) is 3.12. The molecule has 2 aromatic rings. The van der Waals surface area contributed by atoms with Crippen LogP contribution in [0.3, 0.4) is 0 Å². The number of anilines is 1. The highest BCUT2D eigenvalue weighted by molar-refractivity contribution is 7.14. The number of carbonyl (C=O) groups excluding carboxylic acids is 2. The minimum atomic E-state index is -0.851. The maximum atomic E-state index is 12.1. The van der Waals surface area contributed by atoms with Crippen molar-refractivity contribution in [3.8, 4) is 0 Å². The molecule has 0 spiro atoms. The van der Waals surface area contributed by atoms with E-state index in [0.717, 1.165) is 22.4 Å². The Morgan fingerprint density at radius 1 is 1.22 bits per heavy atom. The Hall–Kier alpha value is -2.14. The first-order valence-electron chi connectivity index (χ1n) is 7.58. The van der Waals surface area contributed by atoms with E-state index in [-0.39, 0.29) is 5.91 Å². The van der Waals surface area contributed by atoms with E-state index >= 15 is 0 Å². The standard InChI is InChI=1S/C18H21NO3S/c1-5-14-10-16(23-13(14)4)18(21)22-12(3)17(20)19-15-8-6-11(2)7-9-15/h6-10,12H,5H2,1-4H3,(H,19,20)/t12-/m1/s1. The quantitative estimate of drug-likeness (QED) is 0.839. The Morgan fingerprint density at radius 2 is 1.87 bits per heavy atom. The van der Waals surface area contributed by atoms with Crippen LogP contribution in [0.4, 0.5) is 5.69 Å². The van der Waals surface area contributed by atoms with Gasteiger partial charge >= 0.3 is 5.97 Å². The summed E-state index contributed by atoms with van der Waals surface area (Å²) in [5.41, 5.74) is 2.93. The van der Waals surface area contributed by atoms with Crippen LogP contribution >= 0.6 is 11.3 Å². The van der Waals surface area contributed by atoms with E-state index in [9.17, 15) is 9.59 Å². The van der Waals surface area contributed by atoms with Crippen molar-refractivity contribution in [3.05, 3.63) is 51.2 Å². The summed E-state index contributed by atoms with van der Waals surface area (Å²) in [6.45, 7) is 7.57. The summed E-state index contributed by atoms with van der Waals surface area (Å²) < 4.78 is 5.27. The number of aryl methyl sites for hydroxylation is 3. The number of amides is 1. The van der Waals surface area contributed by atoms with Gasteiger partial charge in [0.15, 0.2) is 6.10 Å². The highest BCUT2D eigenvalue weighted by atomic mass is 32.1. The minimum absolute atomic E-state index is 0.341. The highest BCUT2D eigenvalue weighted by Gasteiger charge is 2.21. The Kier molecular flexibility index (Phi) is 5.55. The van der Waals surface area contributed by atoms with Gasteiger partial charge in [0.25, 0.3) is 5.91 Å². The molecule has 1 amide bonds. The molecule has 0 radical (unpaired) electrons. The highest BCUT2D eigenvalue weighted by Crippen LogP contribution is 2.23. The molecule has 0 aliphatic rings. The van der Waals surface area contributed by atoms with Crippen molar-refractivity contribution in [3.63, 3.8) is 0 Å². The van der Waals surface area contributed by atoms with Gasteiger partial charge in [-0.3, -0.25) is 4.79 Å². The second-order valence-electron chi connectivity index (χ2n) is 5.45. The molecule has 5 heteroatoms. The first-order valence-corrected chi connectivity index (χ1v) is 8.40. The van der Waals surface area contributed by atoms with E-state index in [1.54, 1.807) is 6.92 Å². The van der Waals surface area contributed by atoms with E-state index in [1.165, 1.54) is 11.3 Å². The number of benzene rings is 1. The molecule has 2 rings (SSSR count). The maximum Gasteiger partial charge on any atom is 0.349 e. The van der Waals surface area contributed by atoms with Gasteiger partial charge in [-0.2, -0.15) is 0 Å². The SMILES string of the molecule is CCc1cc(C(=O)O[C@H](C)C(=O)Nc2ccc(C)cc2)sc1C. The molecule has 23 heavy (non-hydrogen) atoms. The summed E-state index contributed by atoms with van der Waals surface area (Å²) >= 11 is 1.40. The van der Waals surface area contributed by atoms with Crippen molar-refractivity contribution in [2.24, 2.45) is 0 Å². The van der Waals surface area contributed by atoms with Gasteiger partial charge in [0.2, 0.25) is 0 Å². The lowest BCUT2D eigenvalue weighted by atomic mass is 10.2. The summed E-state index contributed by atoms with van der Waals surface area (Å²) in [5, 5.41) is 2.74. The third-order valence-electron chi connectivity index (χ3n) is 3.57. The van der Waals surface area contributed by atoms with Crippen molar-refractivity contribution in [2.45, 2.75) is 40.2 Å². The smallest absolute Gasteiger partial charge is 0.349 e. The third kappa shape index (κ3) is 4.42. The molecule has 0 bridgehead atoms. The van der Waals surface area contributed by atoms with Crippen LogP contribution < -0.4 is 5.32 Å². The summed E-state index contributed by atoms with van der Waals surface area (Å²) in [6.07, 6.45) is 0.0234. The minimum Gasteiger partial charge on any atom is -0.448 e. The van der Waals surface area contributed by atoms with Crippen LogP contribution in [0.2, 0.25) is 0 Å². The number of nitrogens with one attached hydrogen (secondary N) is 1. The van der Waals surface area contributed by atoms with E-state index in [0.29, 0.717) is 10.6 Å². The van der Waals surface area contributed by atoms with E-state index in [1.807, 2.05) is 51.1 Å². The third-order valence-corrected chi connectivity index (χ3v) is 4.65. The van der Waals surface area contributed by atoms with Crippen LogP contribution in [0.15, 0.2) is 30.3 Å². The molecule has 0 saturated carbocycles. The van der Waals surface area contributed by atoms with Crippen molar-refractivity contribution in [1.82, 2.24) is 0 Å². The van der Waals surface area contributed by atoms with Gasteiger partial charge in [-0.15, -0.1) is 11.3 Å². The van der Waals surface area contributed by atoms with Gasteiger partial charge in [-0.25, -0.2) is 4.79 Å². The molecule has 0 fully saturated rings. The van der Waals surface area contributed by atoms with Crippen LogP contribution in [0.25, 0.3) is 0 Å². The van der Waals surface area contributed by atoms with E-state index < -0.39 is 12.1 Å². The zero-order chi connectivity index (χ0) is 17.0. The maximum absolute atomic E-state index is 12.1. The molecular formula is C18H21NO3S. The number of hydrogen-bond acceptors (Lipinski definition) is 4. The van der Waals surface area contributed by atoms with Crippen molar-refractivity contribution >= 4 is 28.9 Å². The molecular weight excluding hydrogens is 310 g/mol. The van der Waals surface area contributed by atoms with Crippen molar-refractivity contribution in [2.75, 3.05) is 5.32 Å². The van der Waals surface area contributed by atoms with Crippen LogP contribution in [0.1, 0.15) is 39.5 Å². The van der Waals surface area contributed by atoms with Gasteiger partial charge in [0, 0.05) is 10.6 Å². The summed E-state index contributed by atoms with van der Waals surface area (Å²) in [4.78, 5) is 25.9. The van der Waals surface area contributed by atoms with Gasteiger partial charge in [-0.05, 0) is 51.0 Å². The topological polar surface area (TPSA) is 55.4 Å². The van der Waals surface area contributed by atoms with E-state index in [2.05, 4.69) is 5.32 Å². The molecule has 4 nitrogen and oxygen atoms in total. The molecule has 1 N–H and O–H groups in total. The predicted octanol–water partition coefficient (Wildman–Crippen LogP) is 4.11. The Labute approximate surface area is 140 Å². The molecule has 0 aliphatic heterocycles. The number of rotatable bonds is 5. The molecule has 0 unspecified atom stereocenters. The van der Waals surface area contributed by atoms with Crippen LogP contribution in [-0.2, 0) is 16.0 Å². The lowest BCUT2D eigenvalue weighted by Crippen LogP contribution is -2.29. The van der Waals surface area contributed by atoms with Crippen LogP contribution in [0, 0.1) is 13.8 Å². The Morgan fingerprint density at radius 3 is 2.43 bits per heavy atom. The average Bonchev–Trinajstić information content (AvgIpc) is 2.90. The number of ether oxygens (including phenoxy) is 1. The lowest BCUT2D eigenvalue weighted by Gasteiger charge is -2.13. The van der Waals surface area contributed by atoms with Gasteiger partial charge in [0.05, 0.1) is 0 Å². The second kappa shape index (κ2) is 7.42. The number of esters is 1. The summed E-state index contributed by atoms with van der Waals surface area (Å²) in [5.74, 6) is -0.796. The zero-order valence-electron chi connectivity index (χ0n) is 13.8. The molecule has 0 saturated heterocycles. The first kappa shape index (κ1) is 17.2. The summed E-state index contributed by atoms with van der Waals surface area (Å²) in [6, 6.07) is 9.29. The fraction of sp³-hybridized carbons (Fsp3) is 0.333. The predicted molar refractivity (Wildman–Crippen MR) is 93.1 cm³/mol. The van der Waals surface area contributed by atoms with Crippen LogP contribution in [0.5, 0.6) is 0 Å². The molecule has 0 aliphatic carbocycles. The van der Waals surface area contributed by atoms with Gasteiger partial charge < -0.3 is 10.1 Å². The molecule has 1 aromatic heterocycles. The zero-order valence-corrected chi connectivity index (χ0v) is 14.6. The normalized spacial score (nSPS) is 11.8. The van der Waals surface area contributed by atoms with Crippen molar-refractivity contribution in [1.29, 1.82) is 0 Å². The molecule has 122 valence electrons. The molecule has 1 atom stereocenters.